The van der Waals surface area contributed by atoms with Crippen molar-refractivity contribution in [2.45, 2.75) is 64.8 Å². The van der Waals surface area contributed by atoms with Gasteiger partial charge in [-0.25, -0.2) is 0 Å². The molecule has 2 N–H and O–H groups in total. The van der Waals surface area contributed by atoms with Gasteiger partial charge in [0, 0.05) is 13.1 Å². The molecule has 104 valence electrons. The highest BCUT2D eigenvalue weighted by atomic mass is 16.2. The number of carbonyl (C=O) groups is 1. The smallest absolute Gasteiger partial charge is 0.242 e. The van der Waals surface area contributed by atoms with Crippen LogP contribution in [0.25, 0.3) is 0 Å². The first-order chi connectivity index (χ1) is 8.33. The molecule has 3 heteroatoms. The van der Waals surface area contributed by atoms with E-state index in [1.807, 2.05) is 4.90 Å². The Kier molecular flexibility index (Phi) is 3.72. The van der Waals surface area contributed by atoms with E-state index >= 15 is 0 Å². The summed E-state index contributed by atoms with van der Waals surface area (Å²) in [6.45, 7) is 8.74. The van der Waals surface area contributed by atoms with E-state index in [4.69, 9.17) is 5.73 Å². The van der Waals surface area contributed by atoms with Gasteiger partial charge in [0.25, 0.3) is 0 Å². The Morgan fingerprint density at radius 3 is 2.33 bits per heavy atom. The van der Waals surface area contributed by atoms with Crippen molar-refractivity contribution in [3.8, 4) is 0 Å². The second-order valence-corrected chi connectivity index (χ2v) is 7.30. The van der Waals surface area contributed by atoms with Crippen LogP contribution in [0, 0.1) is 11.3 Å². The van der Waals surface area contributed by atoms with E-state index in [1.165, 1.54) is 6.42 Å². The first-order valence-corrected chi connectivity index (χ1v) is 7.41. The largest absolute Gasteiger partial charge is 0.341 e. The van der Waals surface area contributed by atoms with Crippen molar-refractivity contribution in [2.24, 2.45) is 17.1 Å². The van der Waals surface area contributed by atoms with Gasteiger partial charge in [0.05, 0.1) is 5.54 Å². The summed E-state index contributed by atoms with van der Waals surface area (Å²) >= 11 is 0. The number of hydrogen-bond acceptors (Lipinski definition) is 2. The van der Waals surface area contributed by atoms with Crippen molar-refractivity contribution >= 4 is 5.91 Å². The monoisotopic (exact) mass is 252 g/mol. The molecule has 0 aromatic heterocycles. The highest BCUT2D eigenvalue weighted by molar-refractivity contribution is 5.87. The van der Waals surface area contributed by atoms with E-state index in [0.717, 1.165) is 51.1 Å². The topological polar surface area (TPSA) is 46.3 Å². The van der Waals surface area contributed by atoms with Gasteiger partial charge in [-0.2, -0.15) is 0 Å². The number of nitrogens with two attached hydrogens (primary N) is 1. The Hall–Kier alpha value is -0.570. The third-order valence-electron chi connectivity index (χ3n) is 4.91. The molecule has 0 aromatic carbocycles. The predicted molar refractivity (Wildman–Crippen MR) is 74.1 cm³/mol. The maximum Gasteiger partial charge on any atom is 0.242 e. The summed E-state index contributed by atoms with van der Waals surface area (Å²) in [4.78, 5) is 14.4. The molecule has 1 unspecified atom stereocenters. The van der Waals surface area contributed by atoms with Crippen LogP contribution in [0.5, 0.6) is 0 Å². The van der Waals surface area contributed by atoms with Gasteiger partial charge in [0.2, 0.25) is 5.91 Å². The minimum absolute atomic E-state index is 0.211. The second-order valence-electron chi connectivity index (χ2n) is 7.30. The lowest BCUT2D eigenvalue weighted by atomic mass is 9.76. The molecule has 1 saturated heterocycles. The van der Waals surface area contributed by atoms with E-state index in [0.29, 0.717) is 5.41 Å². The standard InChI is InChI=1S/C15H28N2O/c1-14(2,3)12-6-4-10-17(11-7-12)13(18)15(16)8-5-9-15/h12H,4-11,16H2,1-3H3. The van der Waals surface area contributed by atoms with Crippen molar-refractivity contribution in [1.29, 1.82) is 0 Å². The van der Waals surface area contributed by atoms with E-state index in [9.17, 15) is 4.79 Å². The molecule has 0 bridgehead atoms. The molecule has 2 fully saturated rings. The summed E-state index contributed by atoms with van der Waals surface area (Å²) in [6.07, 6.45) is 6.37. The Morgan fingerprint density at radius 1 is 1.17 bits per heavy atom. The molecule has 1 amide bonds. The highest BCUT2D eigenvalue weighted by Gasteiger charge is 2.43. The third kappa shape index (κ3) is 2.71. The minimum atomic E-state index is -0.512. The van der Waals surface area contributed by atoms with Crippen LogP contribution >= 0.6 is 0 Å². The van der Waals surface area contributed by atoms with Gasteiger partial charge >= 0.3 is 0 Å². The van der Waals surface area contributed by atoms with Crippen LogP contribution < -0.4 is 5.73 Å². The number of carbonyl (C=O) groups excluding carboxylic acids is 1. The summed E-state index contributed by atoms with van der Waals surface area (Å²) in [5.41, 5.74) is 6.00. The number of amides is 1. The van der Waals surface area contributed by atoms with Crippen LogP contribution in [0.15, 0.2) is 0 Å². The first kappa shape index (κ1) is 13.9. The van der Waals surface area contributed by atoms with E-state index in [1.54, 1.807) is 0 Å². The molecule has 0 radical (unpaired) electrons. The molecule has 1 aliphatic carbocycles. The molecule has 18 heavy (non-hydrogen) atoms. The first-order valence-electron chi connectivity index (χ1n) is 7.41. The van der Waals surface area contributed by atoms with E-state index < -0.39 is 5.54 Å². The lowest BCUT2D eigenvalue weighted by Crippen LogP contribution is -2.59. The fraction of sp³-hybridized carbons (Fsp3) is 0.933. The molecule has 1 heterocycles. The molecule has 0 spiro atoms. The zero-order chi connectivity index (χ0) is 13.4. The van der Waals surface area contributed by atoms with Crippen LogP contribution in [0.3, 0.4) is 0 Å². The maximum atomic E-state index is 12.4. The van der Waals surface area contributed by atoms with Gasteiger partial charge in [0.1, 0.15) is 0 Å². The molecule has 2 rings (SSSR count). The second kappa shape index (κ2) is 4.84. The van der Waals surface area contributed by atoms with Crippen molar-refractivity contribution in [2.75, 3.05) is 13.1 Å². The number of likely N-dealkylation sites (tertiary alicyclic amines) is 1. The quantitative estimate of drug-likeness (QED) is 0.779. The van der Waals surface area contributed by atoms with Crippen LogP contribution in [0.2, 0.25) is 0 Å². The SMILES string of the molecule is CC(C)(C)C1CCCN(C(=O)C2(N)CCC2)CC1. The number of hydrogen-bond donors (Lipinski definition) is 1. The molecule has 2 aliphatic rings. The predicted octanol–water partition coefficient (Wildman–Crippen LogP) is 2.54. The van der Waals surface area contributed by atoms with Gasteiger partial charge in [0.15, 0.2) is 0 Å². The summed E-state index contributed by atoms with van der Waals surface area (Å²) in [6, 6.07) is 0. The van der Waals surface area contributed by atoms with Gasteiger partial charge < -0.3 is 10.6 Å². The molecule has 1 atom stereocenters. The van der Waals surface area contributed by atoms with Crippen LogP contribution in [-0.4, -0.2) is 29.4 Å². The third-order valence-corrected chi connectivity index (χ3v) is 4.91. The molecule has 1 aliphatic heterocycles. The lowest BCUT2D eigenvalue weighted by Gasteiger charge is -2.40. The Labute approximate surface area is 111 Å². The van der Waals surface area contributed by atoms with Gasteiger partial charge in [-0.15, -0.1) is 0 Å². The van der Waals surface area contributed by atoms with Crippen LogP contribution in [-0.2, 0) is 4.79 Å². The summed E-state index contributed by atoms with van der Waals surface area (Å²) in [7, 11) is 0. The Balaban J connectivity index is 1.95. The van der Waals surface area contributed by atoms with Crippen LogP contribution in [0.4, 0.5) is 0 Å². The average molecular weight is 252 g/mol. The normalized spacial score (nSPS) is 28.4. The lowest BCUT2D eigenvalue weighted by molar-refractivity contribution is -0.140. The van der Waals surface area contributed by atoms with Crippen molar-refractivity contribution < 1.29 is 4.79 Å². The molecular formula is C15H28N2O. The van der Waals surface area contributed by atoms with Crippen molar-refractivity contribution in [1.82, 2.24) is 4.90 Å². The molecular weight excluding hydrogens is 224 g/mol. The van der Waals surface area contributed by atoms with Crippen LogP contribution in [0.1, 0.15) is 59.3 Å². The zero-order valence-electron chi connectivity index (χ0n) is 12.2. The molecule has 3 nitrogen and oxygen atoms in total. The Bertz CT molecular complexity index is 315. The minimum Gasteiger partial charge on any atom is -0.341 e. The highest BCUT2D eigenvalue weighted by Crippen LogP contribution is 2.36. The van der Waals surface area contributed by atoms with E-state index in [-0.39, 0.29) is 5.91 Å². The summed E-state index contributed by atoms with van der Waals surface area (Å²) in [5, 5.41) is 0. The summed E-state index contributed by atoms with van der Waals surface area (Å²) in [5.74, 6) is 0.939. The van der Waals surface area contributed by atoms with Crippen molar-refractivity contribution in [3.63, 3.8) is 0 Å². The zero-order valence-corrected chi connectivity index (χ0v) is 12.2. The fourth-order valence-electron chi connectivity index (χ4n) is 3.25. The molecule has 0 aromatic rings. The van der Waals surface area contributed by atoms with Gasteiger partial charge in [-0.1, -0.05) is 20.8 Å². The Morgan fingerprint density at radius 2 is 1.83 bits per heavy atom. The molecule has 1 saturated carbocycles. The van der Waals surface area contributed by atoms with E-state index in [2.05, 4.69) is 20.8 Å². The summed E-state index contributed by atoms with van der Waals surface area (Å²) < 4.78 is 0. The van der Waals surface area contributed by atoms with Crippen molar-refractivity contribution in [3.05, 3.63) is 0 Å². The average Bonchev–Trinajstić information content (AvgIpc) is 2.49. The number of rotatable bonds is 1. The number of nitrogens with zero attached hydrogens (tertiary/aromatic N) is 1. The van der Waals surface area contributed by atoms with Gasteiger partial charge in [-0.05, 0) is 49.9 Å². The van der Waals surface area contributed by atoms with Gasteiger partial charge in [-0.3, -0.25) is 4.79 Å². The maximum absolute atomic E-state index is 12.4. The fourth-order valence-corrected chi connectivity index (χ4v) is 3.25.